The summed E-state index contributed by atoms with van der Waals surface area (Å²) >= 11 is 0. The number of carbonyl (C=O) groups is 3. The second-order valence-corrected chi connectivity index (χ2v) is 20.9. The molecule has 0 radical (unpaired) electrons. The Labute approximate surface area is 321 Å². The van der Waals surface area contributed by atoms with Gasteiger partial charge in [0.1, 0.15) is 6.10 Å². The largest absolute Gasteiger partial charge is 0.481 e. The molecule has 6 nitrogen and oxygen atoms in total. The number of allylic oxidation sites excluding steroid dienone is 1. The fourth-order valence-corrected chi connectivity index (χ4v) is 14.5. The van der Waals surface area contributed by atoms with Gasteiger partial charge >= 0.3 is 11.9 Å². The zero-order chi connectivity index (χ0) is 38.8. The predicted molar refractivity (Wildman–Crippen MR) is 212 cm³/mol. The number of carbonyl (C=O) groups excluding carboxylic acids is 2. The van der Waals surface area contributed by atoms with Crippen molar-refractivity contribution in [3.8, 4) is 0 Å². The van der Waals surface area contributed by atoms with Crippen LogP contribution >= 0.6 is 0 Å². The van der Waals surface area contributed by atoms with Crippen LogP contribution in [0, 0.1) is 62.1 Å². The quantitative estimate of drug-likeness (QED) is 0.175. The standard InChI is InChI=1S/C47H71NO5/c1-11-34(31-15-13-12-14-16-31)48-38(49)27-47-24-19-32(30(2)3)41(47)33-17-18-36-44(8)22-21-37(53-40(52)29-42(4,5)28-39(50)51)43(6,7)35(44)20-23-46(36,10)45(33,9)25-26-47/h12-16,32-37,41H,2,11,17-29H2,1,3-10H3,(H,48,49)(H,50,51)/t32-,33+,34+,35-,36+,37-,41+,44-,45+,46+,47+/m0/s1. The molecule has 1 aromatic rings. The summed E-state index contributed by atoms with van der Waals surface area (Å²) in [6.07, 6.45) is 12.7. The molecule has 0 spiro atoms. The van der Waals surface area contributed by atoms with Gasteiger partial charge in [-0.05, 0) is 140 Å². The minimum Gasteiger partial charge on any atom is -0.481 e. The van der Waals surface area contributed by atoms with Crippen LogP contribution in [-0.2, 0) is 19.1 Å². The Morgan fingerprint density at radius 3 is 2.23 bits per heavy atom. The van der Waals surface area contributed by atoms with Crippen LogP contribution in [-0.4, -0.2) is 29.1 Å². The van der Waals surface area contributed by atoms with Gasteiger partial charge in [0.05, 0.1) is 18.9 Å². The van der Waals surface area contributed by atoms with Crippen molar-refractivity contribution in [2.24, 2.45) is 62.1 Å². The number of carboxylic acid groups (broad SMARTS) is 1. The molecule has 0 unspecified atom stereocenters. The molecule has 53 heavy (non-hydrogen) atoms. The summed E-state index contributed by atoms with van der Waals surface area (Å²) in [5, 5.41) is 12.8. The van der Waals surface area contributed by atoms with E-state index in [0.29, 0.717) is 36.0 Å². The molecular formula is C47H71NO5. The molecule has 5 aliphatic carbocycles. The monoisotopic (exact) mass is 730 g/mol. The van der Waals surface area contributed by atoms with E-state index in [-0.39, 0.29) is 63.9 Å². The number of hydrogen-bond acceptors (Lipinski definition) is 4. The van der Waals surface area contributed by atoms with Gasteiger partial charge in [-0.3, -0.25) is 14.4 Å². The van der Waals surface area contributed by atoms with Crippen molar-refractivity contribution in [2.45, 2.75) is 164 Å². The van der Waals surface area contributed by atoms with Crippen LogP contribution < -0.4 is 5.32 Å². The Hall–Kier alpha value is -2.63. The van der Waals surface area contributed by atoms with E-state index in [0.717, 1.165) is 44.9 Å². The van der Waals surface area contributed by atoms with Crippen LogP contribution in [0.3, 0.4) is 0 Å². The first-order valence-electron chi connectivity index (χ1n) is 21.1. The summed E-state index contributed by atoms with van der Waals surface area (Å²) in [5.41, 5.74) is 2.25. The molecular weight excluding hydrogens is 659 g/mol. The number of amides is 1. The first kappa shape index (κ1) is 40.0. The molecule has 1 amide bonds. The first-order valence-corrected chi connectivity index (χ1v) is 21.1. The molecule has 0 heterocycles. The molecule has 6 rings (SSSR count). The smallest absolute Gasteiger partial charge is 0.306 e. The third kappa shape index (κ3) is 6.83. The molecule has 0 saturated heterocycles. The lowest BCUT2D eigenvalue weighted by atomic mass is 9.32. The van der Waals surface area contributed by atoms with Gasteiger partial charge in [-0.2, -0.15) is 0 Å². The van der Waals surface area contributed by atoms with Crippen LogP contribution in [0.2, 0.25) is 0 Å². The van der Waals surface area contributed by atoms with Gasteiger partial charge in [-0.1, -0.05) is 97.9 Å². The highest BCUT2D eigenvalue weighted by Gasteiger charge is 2.71. The second-order valence-electron chi connectivity index (χ2n) is 20.9. The number of rotatable bonds is 11. The van der Waals surface area contributed by atoms with Crippen molar-refractivity contribution in [3.05, 3.63) is 48.0 Å². The van der Waals surface area contributed by atoms with Crippen molar-refractivity contribution in [1.82, 2.24) is 5.32 Å². The number of hydrogen-bond donors (Lipinski definition) is 2. The van der Waals surface area contributed by atoms with Crippen LogP contribution in [0.15, 0.2) is 42.5 Å². The molecule has 0 bridgehead atoms. The average Bonchev–Trinajstić information content (AvgIpc) is 3.44. The number of ether oxygens (including phenoxy) is 1. The maximum atomic E-state index is 14.1. The molecule has 294 valence electrons. The topological polar surface area (TPSA) is 92.7 Å². The maximum Gasteiger partial charge on any atom is 0.306 e. The first-order chi connectivity index (χ1) is 24.7. The molecule has 5 saturated carbocycles. The van der Waals surface area contributed by atoms with Crippen molar-refractivity contribution in [3.63, 3.8) is 0 Å². The summed E-state index contributed by atoms with van der Waals surface area (Å²) in [4.78, 5) is 38.7. The number of carboxylic acids is 1. The Balaban J connectivity index is 1.22. The summed E-state index contributed by atoms with van der Waals surface area (Å²) in [6.45, 7) is 25.2. The number of benzene rings is 1. The molecule has 0 aliphatic heterocycles. The van der Waals surface area contributed by atoms with E-state index >= 15 is 0 Å². The van der Waals surface area contributed by atoms with Crippen LogP contribution in [0.25, 0.3) is 0 Å². The second kappa shape index (κ2) is 14.1. The minimum atomic E-state index is -0.883. The number of esters is 1. The van der Waals surface area contributed by atoms with Crippen molar-refractivity contribution >= 4 is 17.8 Å². The van der Waals surface area contributed by atoms with Crippen LogP contribution in [0.4, 0.5) is 0 Å². The zero-order valence-electron chi connectivity index (χ0n) is 34.6. The molecule has 0 aromatic heterocycles. The summed E-state index contributed by atoms with van der Waals surface area (Å²) < 4.78 is 6.29. The van der Waals surface area contributed by atoms with Gasteiger partial charge in [-0.15, -0.1) is 0 Å². The van der Waals surface area contributed by atoms with E-state index in [9.17, 15) is 19.5 Å². The van der Waals surface area contributed by atoms with Gasteiger partial charge in [0.15, 0.2) is 0 Å². The molecule has 11 atom stereocenters. The van der Waals surface area contributed by atoms with Crippen LogP contribution in [0.1, 0.15) is 164 Å². The van der Waals surface area contributed by atoms with Crippen molar-refractivity contribution in [2.75, 3.05) is 0 Å². The lowest BCUT2D eigenvalue weighted by molar-refractivity contribution is -0.250. The Morgan fingerprint density at radius 2 is 1.58 bits per heavy atom. The van der Waals surface area contributed by atoms with Crippen LogP contribution in [0.5, 0.6) is 0 Å². The van der Waals surface area contributed by atoms with Gasteiger partial charge in [-0.25, -0.2) is 0 Å². The van der Waals surface area contributed by atoms with Crippen molar-refractivity contribution < 1.29 is 24.2 Å². The fourth-order valence-electron chi connectivity index (χ4n) is 14.5. The molecule has 5 aliphatic rings. The van der Waals surface area contributed by atoms with Gasteiger partial charge in [0, 0.05) is 11.8 Å². The zero-order valence-corrected chi connectivity index (χ0v) is 34.6. The normalized spacial score (nSPS) is 39.3. The summed E-state index contributed by atoms with van der Waals surface area (Å²) in [7, 11) is 0. The Kier molecular flexibility index (Phi) is 10.7. The third-order valence-corrected chi connectivity index (χ3v) is 17.2. The predicted octanol–water partition coefficient (Wildman–Crippen LogP) is 11.1. The minimum absolute atomic E-state index is 0.0279. The summed E-state index contributed by atoms with van der Waals surface area (Å²) in [5.74, 6) is 1.65. The molecule has 6 heteroatoms. The molecule has 1 aromatic carbocycles. The highest BCUT2D eigenvalue weighted by atomic mass is 16.5. The number of nitrogens with one attached hydrogen (secondary N) is 1. The van der Waals surface area contributed by atoms with E-state index < -0.39 is 11.4 Å². The SMILES string of the molecule is C=C(C)[C@@H]1CC[C@]2(CC(=O)N[C@H](CC)c3ccccc3)CC[C@]3(C)[C@H](CC[C@@H]4[C@@]5(C)CC[C@H](OC(=O)CC(C)(C)CC(=O)O)C(C)(C)[C@@H]5CC[C@]43C)[C@@H]12. The van der Waals surface area contributed by atoms with E-state index in [1.165, 1.54) is 36.8 Å². The number of fused-ring (bicyclic) bond motifs is 7. The van der Waals surface area contributed by atoms with Gasteiger partial charge < -0.3 is 15.2 Å². The maximum absolute atomic E-state index is 14.1. The van der Waals surface area contributed by atoms with E-state index in [1.54, 1.807) is 0 Å². The van der Waals surface area contributed by atoms with E-state index in [1.807, 2.05) is 19.9 Å². The molecule has 5 fully saturated rings. The van der Waals surface area contributed by atoms with Gasteiger partial charge in [0.2, 0.25) is 5.91 Å². The Morgan fingerprint density at radius 1 is 0.887 bits per heavy atom. The van der Waals surface area contributed by atoms with E-state index in [4.69, 9.17) is 4.74 Å². The lowest BCUT2D eigenvalue weighted by Gasteiger charge is -2.73. The summed E-state index contributed by atoms with van der Waals surface area (Å²) in [6, 6.07) is 10.5. The lowest BCUT2D eigenvalue weighted by Crippen LogP contribution is -2.67. The Bertz CT molecular complexity index is 1570. The van der Waals surface area contributed by atoms with E-state index in [2.05, 4.69) is 84.6 Å². The fraction of sp³-hybridized carbons (Fsp3) is 0.766. The highest BCUT2D eigenvalue weighted by Crippen LogP contribution is 2.78. The highest BCUT2D eigenvalue weighted by molar-refractivity contribution is 5.77. The number of aliphatic carboxylic acids is 1. The molecule has 2 N–H and O–H groups in total. The van der Waals surface area contributed by atoms with Gasteiger partial charge in [0.25, 0.3) is 0 Å². The average molecular weight is 730 g/mol. The van der Waals surface area contributed by atoms with Crippen molar-refractivity contribution in [1.29, 1.82) is 0 Å². The third-order valence-electron chi connectivity index (χ3n) is 17.2.